The first-order chi connectivity index (χ1) is 12.3. The van der Waals surface area contributed by atoms with E-state index in [1.165, 1.54) is 23.5 Å². The first kappa shape index (κ1) is 18.1. The van der Waals surface area contributed by atoms with Crippen LogP contribution in [0, 0.1) is 5.82 Å². The van der Waals surface area contributed by atoms with E-state index in [2.05, 4.69) is 10.6 Å². The van der Waals surface area contributed by atoms with Gasteiger partial charge in [0.25, 0.3) is 5.91 Å². The number of hydrogen-bond donors (Lipinski definition) is 2. The molecule has 2 N–H and O–H groups in total. The van der Waals surface area contributed by atoms with Crippen LogP contribution in [0.15, 0.2) is 41.1 Å². The van der Waals surface area contributed by atoms with Gasteiger partial charge in [0.15, 0.2) is 0 Å². The SMILES string of the molecule is C[C@@H](NC(=O)CN1C(=O)N[C@](C)(c2ccsc2)C1=O)c1ccc(F)cc1. The molecule has 1 aromatic carbocycles. The molecule has 3 rings (SSSR count). The summed E-state index contributed by atoms with van der Waals surface area (Å²) in [5.41, 5.74) is 0.239. The lowest BCUT2D eigenvalue weighted by Crippen LogP contribution is -2.43. The summed E-state index contributed by atoms with van der Waals surface area (Å²) < 4.78 is 13.0. The van der Waals surface area contributed by atoms with Gasteiger partial charge in [-0.1, -0.05) is 12.1 Å². The summed E-state index contributed by atoms with van der Waals surface area (Å²) in [7, 11) is 0. The monoisotopic (exact) mass is 375 g/mol. The van der Waals surface area contributed by atoms with Crippen LogP contribution in [0.2, 0.25) is 0 Å². The molecule has 1 aliphatic heterocycles. The molecule has 0 radical (unpaired) electrons. The van der Waals surface area contributed by atoms with E-state index in [0.29, 0.717) is 5.56 Å². The maximum absolute atomic E-state index is 13.0. The van der Waals surface area contributed by atoms with Crippen LogP contribution in [0.1, 0.15) is 31.0 Å². The van der Waals surface area contributed by atoms with Gasteiger partial charge in [-0.15, -0.1) is 0 Å². The molecule has 0 unspecified atom stereocenters. The van der Waals surface area contributed by atoms with E-state index in [-0.39, 0.29) is 18.4 Å². The first-order valence-corrected chi connectivity index (χ1v) is 8.97. The largest absolute Gasteiger partial charge is 0.348 e. The Hall–Kier alpha value is -2.74. The van der Waals surface area contributed by atoms with Crippen molar-refractivity contribution >= 4 is 29.2 Å². The highest BCUT2D eigenvalue weighted by molar-refractivity contribution is 7.08. The quantitative estimate of drug-likeness (QED) is 0.789. The molecule has 1 saturated heterocycles. The predicted molar refractivity (Wildman–Crippen MR) is 94.9 cm³/mol. The van der Waals surface area contributed by atoms with Gasteiger partial charge in [-0.05, 0) is 53.9 Å². The van der Waals surface area contributed by atoms with E-state index in [1.54, 1.807) is 37.4 Å². The fourth-order valence-electron chi connectivity index (χ4n) is 2.85. The topological polar surface area (TPSA) is 78.5 Å². The number of amides is 4. The lowest BCUT2D eigenvalue weighted by atomic mass is 9.95. The van der Waals surface area contributed by atoms with Gasteiger partial charge in [0.2, 0.25) is 5.91 Å². The molecule has 26 heavy (non-hydrogen) atoms. The zero-order valence-corrected chi connectivity index (χ0v) is 15.1. The second-order valence-electron chi connectivity index (χ2n) is 6.30. The molecule has 4 amide bonds. The average molecular weight is 375 g/mol. The van der Waals surface area contributed by atoms with E-state index in [0.717, 1.165) is 10.5 Å². The highest BCUT2D eigenvalue weighted by Gasteiger charge is 2.49. The molecular weight excluding hydrogens is 357 g/mol. The van der Waals surface area contributed by atoms with Gasteiger partial charge < -0.3 is 10.6 Å². The van der Waals surface area contributed by atoms with Crippen molar-refractivity contribution in [2.75, 3.05) is 6.54 Å². The number of hydrogen-bond acceptors (Lipinski definition) is 4. The Kier molecular flexibility index (Phi) is 4.78. The highest BCUT2D eigenvalue weighted by Crippen LogP contribution is 2.30. The standard InChI is InChI=1S/C18H18FN3O3S/c1-11(12-3-5-14(19)6-4-12)20-15(23)9-22-16(24)18(2,21-17(22)25)13-7-8-26-10-13/h3-8,10-11H,9H2,1-2H3,(H,20,23)(H,21,25)/t11-,18-/m1/s1. The Morgan fingerprint density at radius 3 is 2.62 bits per heavy atom. The normalized spacial score (nSPS) is 20.8. The first-order valence-electron chi connectivity index (χ1n) is 8.03. The summed E-state index contributed by atoms with van der Waals surface area (Å²) in [6.07, 6.45) is 0. The number of carbonyl (C=O) groups excluding carboxylic acids is 3. The maximum atomic E-state index is 13.0. The number of rotatable bonds is 5. The summed E-state index contributed by atoms with van der Waals surface area (Å²) in [4.78, 5) is 38.1. The summed E-state index contributed by atoms with van der Waals surface area (Å²) in [5.74, 6) is -1.30. The van der Waals surface area contributed by atoms with Crippen LogP contribution in [0.4, 0.5) is 9.18 Å². The second-order valence-corrected chi connectivity index (χ2v) is 7.08. The van der Waals surface area contributed by atoms with Crippen LogP contribution in [-0.2, 0) is 15.1 Å². The molecule has 8 heteroatoms. The fraction of sp³-hybridized carbons (Fsp3) is 0.278. The number of urea groups is 1. The van der Waals surface area contributed by atoms with Crippen molar-refractivity contribution in [3.8, 4) is 0 Å². The molecule has 2 heterocycles. The maximum Gasteiger partial charge on any atom is 0.325 e. The molecule has 2 aromatic rings. The number of benzene rings is 1. The third-order valence-electron chi connectivity index (χ3n) is 4.42. The Balaban J connectivity index is 1.66. The van der Waals surface area contributed by atoms with Crippen molar-refractivity contribution in [3.63, 3.8) is 0 Å². The van der Waals surface area contributed by atoms with Crippen LogP contribution >= 0.6 is 11.3 Å². The Morgan fingerprint density at radius 2 is 2.00 bits per heavy atom. The van der Waals surface area contributed by atoms with Gasteiger partial charge in [0.05, 0.1) is 6.04 Å². The minimum Gasteiger partial charge on any atom is -0.348 e. The molecule has 0 bridgehead atoms. The van der Waals surface area contributed by atoms with Crippen LogP contribution in [-0.4, -0.2) is 29.3 Å². The van der Waals surface area contributed by atoms with Crippen molar-refractivity contribution in [1.29, 1.82) is 0 Å². The number of thiophene rings is 1. The summed E-state index contributed by atoms with van der Waals surface area (Å²) in [6.45, 7) is 2.98. The van der Waals surface area contributed by atoms with Crippen LogP contribution in [0.3, 0.4) is 0 Å². The minimum absolute atomic E-state index is 0.362. The third kappa shape index (κ3) is 3.32. The lowest BCUT2D eigenvalue weighted by molar-refractivity contribution is -0.135. The van der Waals surface area contributed by atoms with E-state index in [1.807, 2.05) is 5.38 Å². The molecule has 0 aliphatic carbocycles. The zero-order valence-electron chi connectivity index (χ0n) is 14.3. The van der Waals surface area contributed by atoms with Crippen molar-refractivity contribution in [2.24, 2.45) is 0 Å². The number of nitrogens with one attached hydrogen (secondary N) is 2. The van der Waals surface area contributed by atoms with Gasteiger partial charge >= 0.3 is 6.03 Å². The van der Waals surface area contributed by atoms with E-state index in [9.17, 15) is 18.8 Å². The summed E-state index contributed by atoms with van der Waals surface area (Å²) in [6, 6.07) is 6.54. The van der Waals surface area contributed by atoms with Crippen LogP contribution < -0.4 is 10.6 Å². The summed E-state index contributed by atoms with van der Waals surface area (Å²) in [5, 5.41) is 8.97. The van der Waals surface area contributed by atoms with E-state index < -0.39 is 23.4 Å². The molecule has 1 fully saturated rings. The minimum atomic E-state index is -1.17. The van der Waals surface area contributed by atoms with Crippen molar-refractivity contribution in [2.45, 2.75) is 25.4 Å². The van der Waals surface area contributed by atoms with E-state index >= 15 is 0 Å². The Morgan fingerprint density at radius 1 is 1.31 bits per heavy atom. The molecule has 0 spiro atoms. The number of imide groups is 1. The molecule has 136 valence electrons. The van der Waals surface area contributed by atoms with Gasteiger partial charge in [-0.3, -0.25) is 14.5 Å². The van der Waals surface area contributed by atoms with Crippen molar-refractivity contribution in [3.05, 3.63) is 58.0 Å². The van der Waals surface area contributed by atoms with Gasteiger partial charge in [-0.25, -0.2) is 9.18 Å². The average Bonchev–Trinajstić information content (AvgIpc) is 3.20. The molecule has 2 atom stereocenters. The smallest absolute Gasteiger partial charge is 0.325 e. The zero-order chi connectivity index (χ0) is 18.9. The van der Waals surface area contributed by atoms with Gasteiger partial charge in [0.1, 0.15) is 17.9 Å². The fourth-order valence-corrected chi connectivity index (χ4v) is 3.62. The Labute approximate surface area is 154 Å². The predicted octanol–water partition coefficient (Wildman–Crippen LogP) is 2.53. The van der Waals surface area contributed by atoms with Gasteiger partial charge in [-0.2, -0.15) is 11.3 Å². The van der Waals surface area contributed by atoms with E-state index in [4.69, 9.17) is 0 Å². The van der Waals surface area contributed by atoms with Crippen LogP contribution in [0.25, 0.3) is 0 Å². The number of nitrogens with zero attached hydrogens (tertiary/aromatic N) is 1. The third-order valence-corrected chi connectivity index (χ3v) is 5.11. The van der Waals surface area contributed by atoms with Crippen molar-refractivity contribution < 1.29 is 18.8 Å². The number of halogens is 1. The van der Waals surface area contributed by atoms with Gasteiger partial charge in [0, 0.05) is 0 Å². The van der Waals surface area contributed by atoms with Crippen LogP contribution in [0.5, 0.6) is 0 Å². The summed E-state index contributed by atoms with van der Waals surface area (Å²) >= 11 is 1.42. The molecule has 6 nitrogen and oxygen atoms in total. The lowest BCUT2D eigenvalue weighted by Gasteiger charge is -2.21. The molecule has 0 saturated carbocycles. The molecular formula is C18H18FN3O3S. The highest BCUT2D eigenvalue weighted by atomic mass is 32.1. The molecule has 1 aromatic heterocycles. The van der Waals surface area contributed by atoms with Crippen molar-refractivity contribution in [1.82, 2.24) is 15.5 Å². The Bertz CT molecular complexity index is 838. The second kappa shape index (κ2) is 6.87. The molecule has 1 aliphatic rings. The number of carbonyl (C=O) groups is 3.